The number of para-hydroxylation sites is 1. The molecule has 0 spiro atoms. The maximum Gasteiger partial charge on any atom is 0.160 e. The molecule has 0 bridgehead atoms. The molecule has 0 atom stereocenters. The average molecular weight is 1550 g/mol. The fraction of sp³-hybridized carbons (Fsp3) is 0. The minimum atomic E-state index is 0.704. The Morgan fingerprint density at radius 2 is 0.513 bits per heavy atom. The van der Waals surface area contributed by atoms with Crippen molar-refractivity contribution in [2.24, 2.45) is 0 Å². The summed E-state index contributed by atoms with van der Waals surface area (Å²) in [7, 11) is 0. The molecule has 0 saturated heterocycles. The molecule has 7 nitrogen and oxygen atoms in total. The third-order valence-corrected chi connectivity index (χ3v) is 25.5. The van der Waals surface area contributed by atoms with Gasteiger partial charge in [-0.25, -0.2) is 29.9 Å². The maximum absolute atomic E-state index is 6.19. The van der Waals surface area contributed by atoms with Gasteiger partial charge in [0.05, 0.1) is 54.6 Å². The number of hydrogen-bond donors (Lipinski definition) is 0. The van der Waals surface area contributed by atoms with Crippen molar-refractivity contribution in [1.82, 2.24) is 29.9 Å². The third kappa shape index (κ3) is 12.3. The van der Waals surface area contributed by atoms with Gasteiger partial charge in [-0.3, -0.25) is 0 Å². The zero-order valence-electron chi connectivity index (χ0n) is 64.0. The highest BCUT2D eigenvalue weighted by Crippen LogP contribution is 2.48. The first kappa shape index (κ1) is 69.3. The van der Waals surface area contributed by atoms with E-state index in [0.29, 0.717) is 11.6 Å². The molecule has 554 valence electrons. The minimum Gasteiger partial charge on any atom is -0.456 e. The number of nitrogens with zero attached hydrogens (tertiary/aromatic N) is 6. The average Bonchev–Trinajstić information content (AvgIpc) is 1.67. The summed E-state index contributed by atoms with van der Waals surface area (Å²) in [5.74, 6) is 1.41. The largest absolute Gasteiger partial charge is 0.456 e. The van der Waals surface area contributed by atoms with Crippen molar-refractivity contribution in [3.8, 4) is 124 Å². The summed E-state index contributed by atoms with van der Waals surface area (Å²) in [5.41, 5.74) is 24.6. The van der Waals surface area contributed by atoms with Crippen LogP contribution >= 0.6 is 22.7 Å². The SMILES string of the molecule is c1ccc(-c2cc(-c3ccc(-c4nc5ccc(-c6ccc(-c7cccc8oc9ccccc9c78)cc6)cc5c5c4sc4ccccc45)cc3)nc(-c3ccccc3)n2)cc1.c1ccc(-c2cc(-c3ccc(-c4nc5ccc(-c6ccc7c8ccccc8c8ccccc8c7c6)cc5c5c4sc4ccccc45)cc3)nc(-c3ccccc3)n2)cc1. The smallest absolute Gasteiger partial charge is 0.160 e. The molecule has 0 radical (unpaired) electrons. The van der Waals surface area contributed by atoms with Crippen LogP contribution in [0, 0.1) is 0 Å². The van der Waals surface area contributed by atoms with E-state index in [4.69, 9.17) is 34.3 Å². The van der Waals surface area contributed by atoms with Gasteiger partial charge in [-0.15, -0.1) is 22.7 Å². The van der Waals surface area contributed by atoms with Crippen LogP contribution in [0.4, 0.5) is 0 Å². The number of hydrogen-bond acceptors (Lipinski definition) is 9. The van der Waals surface area contributed by atoms with Gasteiger partial charge in [0.15, 0.2) is 11.6 Å². The lowest BCUT2D eigenvalue weighted by molar-refractivity contribution is 0.669. The summed E-state index contributed by atoms with van der Waals surface area (Å²) in [4.78, 5) is 30.9. The summed E-state index contributed by atoms with van der Waals surface area (Å²) in [6, 6.07) is 142. The second-order valence-corrected chi connectivity index (χ2v) is 32.3. The Kier molecular flexibility index (Phi) is 16.8. The fourth-order valence-electron chi connectivity index (χ4n) is 17.4. The number of thiophene rings is 2. The van der Waals surface area contributed by atoms with Gasteiger partial charge in [-0.1, -0.05) is 334 Å². The summed E-state index contributed by atoms with van der Waals surface area (Å²) in [5, 5.41) is 17.3. The van der Waals surface area contributed by atoms with E-state index in [-0.39, 0.29) is 0 Å². The first-order valence-corrected chi connectivity index (χ1v) is 41.6. The van der Waals surface area contributed by atoms with Crippen LogP contribution in [-0.2, 0) is 0 Å². The van der Waals surface area contributed by atoms with E-state index in [2.05, 4.69) is 315 Å². The Bertz CT molecular complexity index is 7980. The van der Waals surface area contributed by atoms with E-state index in [1.165, 1.54) is 94.7 Å². The quantitative estimate of drug-likeness (QED) is 0.119. The molecular weight excluding hydrogens is 1490 g/mol. The normalized spacial score (nSPS) is 11.7. The van der Waals surface area contributed by atoms with Gasteiger partial charge in [-0.2, -0.15) is 0 Å². The van der Waals surface area contributed by atoms with Crippen LogP contribution in [-0.4, -0.2) is 29.9 Å². The first-order chi connectivity index (χ1) is 58.9. The molecule has 0 amide bonds. The highest BCUT2D eigenvalue weighted by atomic mass is 32.1. The number of furan rings is 1. The molecule has 119 heavy (non-hydrogen) atoms. The molecule has 0 aliphatic rings. The van der Waals surface area contributed by atoms with Gasteiger partial charge in [0.1, 0.15) is 11.2 Å². The summed E-state index contributed by atoms with van der Waals surface area (Å²) >= 11 is 3.63. The Balaban J connectivity index is 0.000000139. The Morgan fingerprint density at radius 1 is 0.185 bits per heavy atom. The standard InChI is InChI=1S/C55H33N3OS.C55H33N3S/c1-3-12-36(13-4-1)46-33-47(58-55(57-46)39-14-5-2-6-15-39)37-26-28-38(29-27-37)53-54-52(43-17-8-10-21-50(43)60-54)44-32-40(30-31-45(44)56-53)34-22-24-35(25-23-34)41-18-11-20-49-51(41)42-16-7-9-19-48(42)59-49;1-3-13-34(14-4-1)49-33-50(58-55(57-49)37-15-5-2-6-16-37)35-23-25-36(26-24-35)53-54-52(45-21-11-12-22-51(45)59-54)47-32-39(28-30-48(47)56-53)38-27-29-44-42-19-8-7-17-40(42)41-18-9-10-20-43(41)46(44)31-38/h1-33H;1-33H. The predicted molar refractivity (Wildman–Crippen MR) is 500 cm³/mol. The van der Waals surface area contributed by atoms with Crippen molar-refractivity contribution in [2.75, 3.05) is 0 Å². The van der Waals surface area contributed by atoms with Crippen LogP contribution in [0.2, 0.25) is 0 Å². The van der Waals surface area contributed by atoms with Crippen LogP contribution < -0.4 is 0 Å². The number of rotatable bonds is 11. The lowest BCUT2D eigenvalue weighted by Crippen LogP contribution is -1.96. The molecule has 9 heteroatoms. The molecule has 0 unspecified atom stereocenters. The monoisotopic (exact) mass is 1550 g/mol. The van der Waals surface area contributed by atoms with E-state index >= 15 is 0 Å². The Morgan fingerprint density at radius 3 is 0.983 bits per heavy atom. The highest BCUT2D eigenvalue weighted by molar-refractivity contribution is 7.27. The zero-order chi connectivity index (χ0) is 78.4. The molecule has 0 aliphatic heterocycles. The van der Waals surface area contributed by atoms with Crippen molar-refractivity contribution >= 4 is 139 Å². The van der Waals surface area contributed by atoms with E-state index in [9.17, 15) is 0 Å². The zero-order valence-corrected chi connectivity index (χ0v) is 65.6. The topological polar surface area (TPSA) is 90.5 Å². The number of benzene rings is 17. The summed E-state index contributed by atoms with van der Waals surface area (Å²) in [6.45, 7) is 0. The van der Waals surface area contributed by atoms with Crippen LogP contribution in [0.25, 0.3) is 240 Å². The fourth-order valence-corrected chi connectivity index (χ4v) is 19.9. The molecule has 0 saturated carbocycles. The lowest BCUT2D eigenvalue weighted by atomic mass is 9.91. The van der Waals surface area contributed by atoms with Crippen LogP contribution in [0.1, 0.15) is 0 Å². The van der Waals surface area contributed by atoms with Crippen molar-refractivity contribution in [2.45, 2.75) is 0 Å². The van der Waals surface area contributed by atoms with E-state index in [0.717, 1.165) is 134 Å². The van der Waals surface area contributed by atoms with Crippen LogP contribution in [0.5, 0.6) is 0 Å². The van der Waals surface area contributed by atoms with Gasteiger partial charge in [0.25, 0.3) is 0 Å². The first-order valence-electron chi connectivity index (χ1n) is 40.0. The summed E-state index contributed by atoms with van der Waals surface area (Å²) < 4.78 is 11.1. The van der Waals surface area contributed by atoms with Gasteiger partial charge >= 0.3 is 0 Å². The molecule has 7 aromatic heterocycles. The lowest BCUT2D eigenvalue weighted by Gasteiger charge is -2.13. The molecule has 0 fully saturated rings. The molecule has 24 aromatic rings. The van der Waals surface area contributed by atoms with Crippen molar-refractivity contribution in [3.63, 3.8) is 0 Å². The van der Waals surface area contributed by atoms with Gasteiger partial charge in [0.2, 0.25) is 0 Å². The van der Waals surface area contributed by atoms with Gasteiger partial charge in [0, 0.05) is 97.0 Å². The molecular formula is C110H66N6OS2. The molecule has 24 rings (SSSR count). The molecule has 0 aliphatic carbocycles. The van der Waals surface area contributed by atoms with Crippen LogP contribution in [0.15, 0.2) is 405 Å². The Hall–Kier alpha value is -15.3. The van der Waals surface area contributed by atoms with Crippen molar-refractivity contribution < 1.29 is 4.42 Å². The highest BCUT2D eigenvalue weighted by Gasteiger charge is 2.23. The molecule has 17 aromatic carbocycles. The molecule has 0 N–H and O–H groups in total. The maximum atomic E-state index is 6.19. The number of pyridine rings is 2. The van der Waals surface area contributed by atoms with E-state index in [1.54, 1.807) is 0 Å². The van der Waals surface area contributed by atoms with Crippen molar-refractivity contribution in [3.05, 3.63) is 400 Å². The van der Waals surface area contributed by atoms with E-state index in [1.807, 2.05) is 108 Å². The number of aromatic nitrogens is 6. The van der Waals surface area contributed by atoms with Crippen LogP contribution in [0.3, 0.4) is 0 Å². The van der Waals surface area contributed by atoms with Gasteiger partial charge in [-0.05, 0) is 132 Å². The second-order valence-electron chi connectivity index (χ2n) is 30.2. The third-order valence-electron chi connectivity index (χ3n) is 23.2. The predicted octanol–water partition coefficient (Wildman–Crippen LogP) is 30.5. The number of fused-ring (bicyclic) bond motifs is 19. The van der Waals surface area contributed by atoms with Gasteiger partial charge < -0.3 is 4.42 Å². The van der Waals surface area contributed by atoms with Crippen molar-refractivity contribution in [1.29, 1.82) is 0 Å². The minimum absolute atomic E-state index is 0.704. The Labute approximate surface area is 692 Å². The van der Waals surface area contributed by atoms with E-state index < -0.39 is 0 Å². The molecule has 7 heterocycles. The second kappa shape index (κ2) is 28.9. The summed E-state index contributed by atoms with van der Waals surface area (Å²) in [6.07, 6.45) is 0.